The van der Waals surface area contributed by atoms with Crippen LogP contribution in [0.1, 0.15) is 46.2 Å². The van der Waals surface area contributed by atoms with Crippen LogP contribution in [-0.2, 0) is 18.3 Å². The molecular weight excluding hydrogens is 568 g/mol. The van der Waals surface area contributed by atoms with E-state index < -0.39 is 29.2 Å². The second-order valence-corrected chi connectivity index (χ2v) is 11.9. The average Bonchev–Trinajstić information content (AvgIpc) is 3.63. The maximum absolute atomic E-state index is 14.9. The summed E-state index contributed by atoms with van der Waals surface area (Å²) in [4.78, 5) is 30.9. The van der Waals surface area contributed by atoms with Crippen LogP contribution in [0, 0.1) is 11.7 Å². The van der Waals surface area contributed by atoms with Crippen molar-refractivity contribution >= 4 is 18.1 Å². The normalized spacial score (nSPS) is 23.7. The van der Waals surface area contributed by atoms with Gasteiger partial charge in [-0.2, -0.15) is 18.3 Å². The SMILES string of the molecule is CN(C)Cc1cc(C(=O)N2CCC(N3CC(CN)(n4cc(C5N=CN=C6NC=CC65)cn4)C3)CC2)c(F)c(C(F)(F)F)n1. The maximum Gasteiger partial charge on any atom is 0.436 e. The molecule has 1 amide bonds. The number of nitrogens with one attached hydrogen (secondary N) is 1. The average molecular weight is 603 g/mol. The van der Waals surface area contributed by atoms with Crippen molar-refractivity contribution < 1.29 is 22.4 Å². The quantitative estimate of drug-likeness (QED) is 0.465. The van der Waals surface area contributed by atoms with Crippen molar-refractivity contribution in [3.8, 4) is 0 Å². The van der Waals surface area contributed by atoms with Gasteiger partial charge in [-0.15, -0.1) is 0 Å². The Hall–Kier alpha value is -3.69. The van der Waals surface area contributed by atoms with E-state index in [1.807, 2.05) is 29.4 Å². The van der Waals surface area contributed by atoms with Crippen molar-refractivity contribution in [2.75, 3.05) is 46.8 Å². The number of halogens is 4. The number of aromatic nitrogens is 3. The summed E-state index contributed by atoms with van der Waals surface area (Å²) in [6.07, 6.45) is 5.52. The number of likely N-dealkylation sites (tertiary alicyclic amines) is 2. The molecule has 4 aliphatic rings. The minimum Gasteiger partial charge on any atom is -0.350 e. The first-order valence-electron chi connectivity index (χ1n) is 14.2. The number of fused-ring (bicyclic) bond motifs is 1. The van der Waals surface area contributed by atoms with E-state index in [-0.39, 0.29) is 35.8 Å². The third kappa shape index (κ3) is 5.45. The minimum atomic E-state index is -5.01. The van der Waals surface area contributed by atoms with E-state index in [4.69, 9.17) is 5.73 Å². The number of amides is 1. The number of aliphatic imine (C=N–C) groups is 2. The molecule has 0 saturated carbocycles. The van der Waals surface area contributed by atoms with Crippen LogP contribution in [0.15, 0.2) is 40.7 Å². The summed E-state index contributed by atoms with van der Waals surface area (Å²) in [5, 5.41) is 7.79. The molecule has 2 unspecified atom stereocenters. The first-order chi connectivity index (χ1) is 20.5. The number of rotatable bonds is 7. The van der Waals surface area contributed by atoms with Gasteiger partial charge in [0.05, 0.1) is 29.4 Å². The molecule has 2 aromatic rings. The molecular formula is C28H34F4N10O. The molecule has 230 valence electrons. The smallest absolute Gasteiger partial charge is 0.350 e. The van der Waals surface area contributed by atoms with Crippen molar-refractivity contribution in [1.82, 2.24) is 34.8 Å². The predicted molar refractivity (Wildman–Crippen MR) is 151 cm³/mol. The van der Waals surface area contributed by atoms with E-state index in [0.717, 1.165) is 17.5 Å². The molecule has 2 atom stereocenters. The van der Waals surface area contributed by atoms with Crippen molar-refractivity contribution in [2.45, 2.75) is 43.2 Å². The number of carbonyl (C=O) groups is 1. The highest BCUT2D eigenvalue weighted by molar-refractivity contribution is 5.96. The van der Waals surface area contributed by atoms with Crippen molar-refractivity contribution in [1.29, 1.82) is 0 Å². The van der Waals surface area contributed by atoms with Gasteiger partial charge >= 0.3 is 6.18 Å². The summed E-state index contributed by atoms with van der Waals surface area (Å²) < 4.78 is 57.4. The van der Waals surface area contributed by atoms with E-state index >= 15 is 0 Å². The van der Waals surface area contributed by atoms with Crippen LogP contribution >= 0.6 is 0 Å². The second-order valence-electron chi connectivity index (χ2n) is 11.9. The molecule has 2 saturated heterocycles. The van der Waals surface area contributed by atoms with Crippen LogP contribution in [0.2, 0.25) is 0 Å². The molecule has 6 rings (SSSR count). The number of nitrogens with zero attached hydrogens (tertiary/aromatic N) is 8. The lowest BCUT2D eigenvalue weighted by Gasteiger charge is -2.54. The van der Waals surface area contributed by atoms with E-state index in [9.17, 15) is 22.4 Å². The highest BCUT2D eigenvalue weighted by Gasteiger charge is 2.48. The number of alkyl halides is 3. The van der Waals surface area contributed by atoms with Gasteiger partial charge < -0.3 is 20.9 Å². The Morgan fingerprint density at radius 3 is 2.65 bits per heavy atom. The van der Waals surface area contributed by atoms with Gasteiger partial charge in [0.2, 0.25) is 0 Å². The summed E-state index contributed by atoms with van der Waals surface area (Å²) in [6.45, 7) is 2.40. The second kappa shape index (κ2) is 11.1. The zero-order valence-electron chi connectivity index (χ0n) is 23.9. The molecule has 2 aromatic heterocycles. The number of nitrogens with two attached hydrogens (primary N) is 1. The number of carbonyl (C=O) groups excluding carboxylic acids is 1. The summed E-state index contributed by atoms with van der Waals surface area (Å²) in [7, 11) is 3.32. The number of amidine groups is 1. The van der Waals surface area contributed by atoms with Gasteiger partial charge in [0.25, 0.3) is 5.91 Å². The Morgan fingerprint density at radius 2 is 1.98 bits per heavy atom. The Balaban J connectivity index is 1.09. The van der Waals surface area contributed by atoms with Gasteiger partial charge in [0.15, 0.2) is 11.5 Å². The van der Waals surface area contributed by atoms with Crippen LogP contribution in [0.5, 0.6) is 0 Å². The van der Waals surface area contributed by atoms with Crippen LogP contribution in [0.25, 0.3) is 0 Å². The fourth-order valence-corrected chi connectivity index (χ4v) is 6.38. The lowest BCUT2D eigenvalue weighted by Crippen LogP contribution is -2.69. The molecule has 11 nitrogen and oxygen atoms in total. The molecule has 6 heterocycles. The topological polar surface area (TPSA) is 120 Å². The lowest BCUT2D eigenvalue weighted by atomic mass is 9.86. The Bertz CT molecular complexity index is 1470. The highest BCUT2D eigenvalue weighted by atomic mass is 19.4. The van der Waals surface area contributed by atoms with Crippen molar-refractivity contribution in [3.63, 3.8) is 0 Å². The van der Waals surface area contributed by atoms with Gasteiger partial charge in [-0.05, 0) is 39.2 Å². The van der Waals surface area contributed by atoms with Gasteiger partial charge in [-0.25, -0.2) is 14.4 Å². The minimum absolute atomic E-state index is 0.0160. The maximum atomic E-state index is 14.9. The third-order valence-electron chi connectivity index (χ3n) is 8.68. The Morgan fingerprint density at radius 1 is 1.23 bits per heavy atom. The van der Waals surface area contributed by atoms with E-state index in [0.29, 0.717) is 45.6 Å². The van der Waals surface area contributed by atoms with E-state index in [1.165, 1.54) is 4.90 Å². The fraction of sp³-hybridized carbons (Fsp3) is 0.536. The molecule has 2 fully saturated rings. The van der Waals surface area contributed by atoms with Crippen LogP contribution < -0.4 is 11.1 Å². The largest absolute Gasteiger partial charge is 0.436 e. The first-order valence-corrected chi connectivity index (χ1v) is 14.2. The van der Waals surface area contributed by atoms with Gasteiger partial charge in [0.1, 0.15) is 17.7 Å². The predicted octanol–water partition coefficient (Wildman–Crippen LogP) is 1.99. The first kappa shape index (κ1) is 29.4. The lowest BCUT2D eigenvalue weighted by molar-refractivity contribution is -0.143. The number of hydrogen-bond donors (Lipinski definition) is 2. The fourth-order valence-electron chi connectivity index (χ4n) is 6.38. The van der Waals surface area contributed by atoms with Gasteiger partial charge in [-0.3, -0.25) is 19.4 Å². The summed E-state index contributed by atoms with van der Waals surface area (Å²) in [5.41, 5.74) is 4.59. The zero-order valence-corrected chi connectivity index (χ0v) is 23.9. The number of piperidine rings is 1. The summed E-state index contributed by atoms with van der Waals surface area (Å²) in [6, 6.07) is 1.18. The summed E-state index contributed by atoms with van der Waals surface area (Å²) >= 11 is 0. The molecule has 43 heavy (non-hydrogen) atoms. The third-order valence-corrected chi connectivity index (χ3v) is 8.68. The molecule has 0 spiro atoms. The molecule has 15 heteroatoms. The van der Waals surface area contributed by atoms with E-state index in [2.05, 4.69) is 30.3 Å². The molecule has 0 radical (unpaired) electrons. The van der Waals surface area contributed by atoms with E-state index in [1.54, 1.807) is 25.3 Å². The van der Waals surface area contributed by atoms with Crippen LogP contribution in [-0.4, -0.2) is 100 Å². The Labute approximate surface area is 246 Å². The standard InChI is InChI=1S/C28H34F4N10O/c1-39(2)12-18-9-21(22(29)24(38-18)28(30,31)32)26(43)40-7-4-19(5-8-40)41-14-27(13-33,15-41)42-11-17(10-37-42)23-20-3-6-34-25(20)36-16-35-23/h3,6,9-11,16,19-20,23H,4-5,7-8,12-15,33H2,1-2H3,(H,34,35,36). The van der Waals surface area contributed by atoms with Crippen LogP contribution in [0.4, 0.5) is 17.6 Å². The summed E-state index contributed by atoms with van der Waals surface area (Å²) in [5.74, 6) is -1.47. The van der Waals surface area contributed by atoms with Crippen molar-refractivity contribution in [2.24, 2.45) is 21.6 Å². The molecule has 0 bridgehead atoms. The van der Waals surface area contributed by atoms with Crippen molar-refractivity contribution in [3.05, 3.63) is 59.1 Å². The number of hydrogen-bond acceptors (Lipinski definition) is 9. The molecule has 3 N–H and O–H groups in total. The number of pyridine rings is 1. The molecule has 0 aromatic carbocycles. The van der Waals surface area contributed by atoms with Crippen LogP contribution in [0.3, 0.4) is 0 Å². The zero-order chi connectivity index (χ0) is 30.5. The molecule has 0 aliphatic carbocycles. The van der Waals surface area contributed by atoms with Gasteiger partial charge in [-0.1, -0.05) is 6.08 Å². The van der Waals surface area contributed by atoms with Gasteiger partial charge in [0, 0.05) is 57.1 Å². The monoisotopic (exact) mass is 602 g/mol. The highest BCUT2D eigenvalue weighted by Crippen LogP contribution is 2.37. The Kier molecular flexibility index (Phi) is 7.59. The molecule has 4 aliphatic heterocycles.